The molecule has 0 saturated carbocycles. The van der Waals surface area contributed by atoms with Crippen molar-refractivity contribution in [3.05, 3.63) is 0 Å². The van der Waals surface area contributed by atoms with E-state index in [0.29, 0.717) is 25.7 Å². The molecule has 0 aromatic rings. The molecule has 0 rings (SSSR count). The number of hydrogen-bond acceptors (Lipinski definition) is 5. The van der Waals surface area contributed by atoms with Gasteiger partial charge in [0.2, 0.25) is 0 Å². The van der Waals surface area contributed by atoms with Crippen molar-refractivity contribution in [1.29, 1.82) is 0 Å². The van der Waals surface area contributed by atoms with Crippen LogP contribution in [0.4, 0.5) is 0 Å². The molecule has 0 amide bonds. The number of hydrogen-bond donors (Lipinski definition) is 0. The van der Waals surface area contributed by atoms with E-state index in [-0.39, 0.29) is 25.0 Å². The minimum atomic E-state index is -0.308. The molecule has 0 fully saturated rings. The average molecular weight is 245 g/mol. The third-order valence-corrected chi connectivity index (χ3v) is 1.94. The normalized spacial score (nSPS) is 10.7. The molecule has 0 aromatic carbocycles. The van der Waals surface area contributed by atoms with E-state index in [1.54, 1.807) is 18.7 Å². The highest BCUT2D eigenvalue weighted by Gasteiger charge is 2.16. The molecule has 0 aliphatic carbocycles. The van der Waals surface area contributed by atoms with E-state index < -0.39 is 0 Å². The minimum absolute atomic E-state index is 0.130. The first-order valence-electron chi connectivity index (χ1n) is 6.03. The van der Waals surface area contributed by atoms with Gasteiger partial charge < -0.3 is 9.47 Å². The summed E-state index contributed by atoms with van der Waals surface area (Å²) in [5, 5.41) is 0. The van der Waals surface area contributed by atoms with Crippen LogP contribution in [-0.2, 0) is 19.1 Å². The van der Waals surface area contributed by atoms with Gasteiger partial charge in [-0.1, -0.05) is 13.8 Å². The molecule has 0 atom stereocenters. The standard InChI is InChI=1S/C12H23NO4/c1-5-16-11(14)8-13(7-10(3)4)9-12(15)17-6-2/h10H,5-9H2,1-4H3. The Hall–Kier alpha value is -1.10. The van der Waals surface area contributed by atoms with E-state index in [1.165, 1.54) is 0 Å². The summed E-state index contributed by atoms with van der Waals surface area (Å²) in [6.07, 6.45) is 0. The quantitative estimate of drug-likeness (QED) is 0.599. The lowest BCUT2D eigenvalue weighted by Crippen LogP contribution is -2.38. The smallest absolute Gasteiger partial charge is 0.320 e. The number of nitrogens with zero attached hydrogens (tertiary/aromatic N) is 1. The molecule has 0 aromatic heterocycles. The predicted molar refractivity (Wildman–Crippen MR) is 64.5 cm³/mol. The van der Waals surface area contributed by atoms with E-state index in [2.05, 4.69) is 0 Å². The van der Waals surface area contributed by atoms with Gasteiger partial charge in [0.05, 0.1) is 26.3 Å². The lowest BCUT2D eigenvalue weighted by Gasteiger charge is -2.21. The fourth-order valence-corrected chi connectivity index (χ4v) is 1.48. The summed E-state index contributed by atoms with van der Waals surface area (Å²) in [7, 11) is 0. The molecule has 0 N–H and O–H groups in total. The zero-order valence-electron chi connectivity index (χ0n) is 11.2. The van der Waals surface area contributed by atoms with Crippen LogP contribution in [0.15, 0.2) is 0 Å². The maximum atomic E-state index is 11.4. The van der Waals surface area contributed by atoms with Gasteiger partial charge in [-0.05, 0) is 19.8 Å². The van der Waals surface area contributed by atoms with Crippen molar-refractivity contribution in [1.82, 2.24) is 4.90 Å². The lowest BCUT2D eigenvalue weighted by molar-refractivity contribution is -0.148. The van der Waals surface area contributed by atoms with Gasteiger partial charge in [-0.3, -0.25) is 14.5 Å². The Morgan fingerprint density at radius 3 is 1.71 bits per heavy atom. The molecule has 0 unspecified atom stereocenters. The molecular formula is C12H23NO4. The van der Waals surface area contributed by atoms with E-state index in [4.69, 9.17) is 9.47 Å². The first kappa shape index (κ1) is 15.9. The van der Waals surface area contributed by atoms with Crippen LogP contribution in [0.25, 0.3) is 0 Å². The van der Waals surface area contributed by atoms with Crippen LogP contribution in [0.2, 0.25) is 0 Å². The van der Waals surface area contributed by atoms with Crippen LogP contribution in [0, 0.1) is 5.92 Å². The zero-order valence-corrected chi connectivity index (χ0v) is 11.2. The van der Waals surface area contributed by atoms with Crippen molar-refractivity contribution < 1.29 is 19.1 Å². The second kappa shape index (κ2) is 8.98. The number of ether oxygens (including phenoxy) is 2. The van der Waals surface area contributed by atoms with Crippen molar-refractivity contribution in [3.8, 4) is 0 Å². The Labute approximate surface area is 103 Å². The number of carbonyl (C=O) groups excluding carboxylic acids is 2. The minimum Gasteiger partial charge on any atom is -0.465 e. The summed E-state index contributed by atoms with van der Waals surface area (Å²) < 4.78 is 9.73. The Morgan fingerprint density at radius 2 is 1.41 bits per heavy atom. The van der Waals surface area contributed by atoms with Gasteiger partial charge >= 0.3 is 11.9 Å². The summed E-state index contributed by atoms with van der Waals surface area (Å²) in [5.41, 5.74) is 0. The molecule has 5 nitrogen and oxygen atoms in total. The number of carbonyl (C=O) groups is 2. The summed E-state index contributed by atoms with van der Waals surface area (Å²) in [6.45, 7) is 9.22. The SMILES string of the molecule is CCOC(=O)CN(CC(=O)OCC)CC(C)C. The number of esters is 2. The summed E-state index contributed by atoms with van der Waals surface area (Å²) in [6, 6.07) is 0. The second-order valence-corrected chi connectivity index (χ2v) is 4.17. The van der Waals surface area contributed by atoms with Crippen LogP contribution >= 0.6 is 0 Å². The fraction of sp³-hybridized carbons (Fsp3) is 0.833. The highest BCUT2D eigenvalue weighted by atomic mass is 16.5. The van der Waals surface area contributed by atoms with Crippen molar-refractivity contribution >= 4 is 11.9 Å². The van der Waals surface area contributed by atoms with Gasteiger partial charge in [0.1, 0.15) is 0 Å². The molecule has 0 heterocycles. The van der Waals surface area contributed by atoms with Gasteiger partial charge in [-0.2, -0.15) is 0 Å². The molecule has 0 saturated heterocycles. The van der Waals surface area contributed by atoms with Gasteiger partial charge in [0.15, 0.2) is 0 Å². The van der Waals surface area contributed by atoms with Crippen LogP contribution in [0.5, 0.6) is 0 Å². The Balaban J connectivity index is 4.22. The van der Waals surface area contributed by atoms with Crippen LogP contribution in [0.3, 0.4) is 0 Å². The first-order chi connectivity index (χ1) is 7.99. The van der Waals surface area contributed by atoms with Crippen molar-refractivity contribution in [2.45, 2.75) is 27.7 Å². The monoisotopic (exact) mass is 245 g/mol. The molecule has 17 heavy (non-hydrogen) atoms. The molecular weight excluding hydrogens is 222 g/mol. The topological polar surface area (TPSA) is 55.8 Å². The molecule has 5 heteroatoms. The second-order valence-electron chi connectivity index (χ2n) is 4.17. The van der Waals surface area contributed by atoms with E-state index >= 15 is 0 Å². The number of rotatable bonds is 8. The maximum absolute atomic E-state index is 11.4. The maximum Gasteiger partial charge on any atom is 0.320 e. The summed E-state index contributed by atoms with van der Waals surface area (Å²) in [5.74, 6) is -0.242. The molecule has 100 valence electrons. The van der Waals surface area contributed by atoms with E-state index in [0.717, 1.165) is 0 Å². The summed E-state index contributed by atoms with van der Waals surface area (Å²) >= 11 is 0. The van der Waals surface area contributed by atoms with Crippen LogP contribution in [-0.4, -0.2) is 49.7 Å². The third-order valence-electron chi connectivity index (χ3n) is 1.94. The van der Waals surface area contributed by atoms with Gasteiger partial charge in [-0.15, -0.1) is 0 Å². The van der Waals surface area contributed by atoms with Gasteiger partial charge in [-0.25, -0.2) is 0 Å². The van der Waals surface area contributed by atoms with E-state index in [1.807, 2.05) is 13.8 Å². The molecule has 0 aliphatic heterocycles. The first-order valence-corrected chi connectivity index (χ1v) is 6.03. The third kappa shape index (κ3) is 8.68. The van der Waals surface area contributed by atoms with Crippen molar-refractivity contribution in [3.63, 3.8) is 0 Å². The highest BCUT2D eigenvalue weighted by molar-refractivity contribution is 5.75. The average Bonchev–Trinajstić information content (AvgIpc) is 2.16. The Bertz CT molecular complexity index is 221. The van der Waals surface area contributed by atoms with Gasteiger partial charge in [0.25, 0.3) is 0 Å². The van der Waals surface area contributed by atoms with Crippen LogP contribution in [0.1, 0.15) is 27.7 Å². The summed E-state index contributed by atoms with van der Waals surface area (Å²) in [4.78, 5) is 24.5. The van der Waals surface area contributed by atoms with Crippen LogP contribution < -0.4 is 0 Å². The Morgan fingerprint density at radius 1 is 1.00 bits per heavy atom. The van der Waals surface area contributed by atoms with E-state index in [9.17, 15) is 9.59 Å². The fourth-order valence-electron chi connectivity index (χ4n) is 1.48. The largest absolute Gasteiger partial charge is 0.465 e. The van der Waals surface area contributed by atoms with Gasteiger partial charge in [0, 0.05) is 6.54 Å². The molecule has 0 spiro atoms. The van der Waals surface area contributed by atoms with Crippen molar-refractivity contribution in [2.75, 3.05) is 32.8 Å². The molecule has 0 aliphatic rings. The molecule has 0 bridgehead atoms. The Kier molecular flexibility index (Phi) is 8.40. The zero-order chi connectivity index (χ0) is 13.3. The predicted octanol–water partition coefficient (Wildman–Crippen LogP) is 1.07. The van der Waals surface area contributed by atoms with Crippen molar-refractivity contribution in [2.24, 2.45) is 5.92 Å². The lowest BCUT2D eigenvalue weighted by atomic mass is 10.2. The molecule has 0 radical (unpaired) electrons. The highest BCUT2D eigenvalue weighted by Crippen LogP contribution is 2.00.